The van der Waals surface area contributed by atoms with Crippen molar-refractivity contribution in [1.82, 2.24) is 0 Å². The first-order chi connectivity index (χ1) is 16.8. The van der Waals surface area contributed by atoms with Gasteiger partial charge in [0.15, 0.2) is 0 Å². The van der Waals surface area contributed by atoms with Gasteiger partial charge in [-0.1, -0.05) is 24.3 Å². The summed E-state index contributed by atoms with van der Waals surface area (Å²) in [7, 11) is 0. The molecule has 0 fully saturated rings. The van der Waals surface area contributed by atoms with Crippen molar-refractivity contribution in [2.75, 3.05) is 0 Å². The molecule has 6 N–H and O–H groups in total. The maximum Gasteiger partial charge on any atom is 0.135 e. The lowest BCUT2D eigenvalue weighted by Gasteiger charge is -2.36. The zero-order valence-corrected chi connectivity index (χ0v) is 18.3. The molecule has 176 valence electrons. The molecule has 0 unspecified atom stereocenters. The van der Waals surface area contributed by atoms with Crippen LogP contribution in [0, 0.1) is 0 Å². The molecule has 0 radical (unpaired) electrons. The van der Waals surface area contributed by atoms with E-state index in [0.29, 0.717) is 28.0 Å². The first kappa shape index (κ1) is 21.2. The number of hydrogen-bond donors (Lipinski definition) is 6. The van der Waals surface area contributed by atoms with E-state index in [1.807, 2.05) is 0 Å². The van der Waals surface area contributed by atoms with Crippen molar-refractivity contribution in [3.8, 4) is 34.5 Å². The fourth-order valence-corrected chi connectivity index (χ4v) is 5.51. The van der Waals surface area contributed by atoms with Gasteiger partial charge in [-0.3, -0.25) is 0 Å². The van der Waals surface area contributed by atoms with Gasteiger partial charge >= 0.3 is 0 Å². The molecule has 4 atom stereocenters. The number of ether oxygens (including phenoxy) is 1. The summed E-state index contributed by atoms with van der Waals surface area (Å²) in [6.07, 6.45) is -1.69. The Balaban J connectivity index is 1.60. The highest BCUT2D eigenvalue weighted by atomic mass is 16.5. The predicted molar refractivity (Wildman–Crippen MR) is 126 cm³/mol. The highest BCUT2D eigenvalue weighted by Crippen LogP contribution is 2.61. The molecule has 2 aliphatic rings. The Morgan fingerprint density at radius 3 is 1.91 bits per heavy atom. The van der Waals surface area contributed by atoms with E-state index in [4.69, 9.17) is 4.74 Å². The van der Waals surface area contributed by atoms with E-state index in [1.165, 1.54) is 24.3 Å². The van der Waals surface area contributed by atoms with Crippen LogP contribution >= 0.6 is 0 Å². The second kappa shape index (κ2) is 7.58. The minimum atomic E-state index is -1.13. The Morgan fingerprint density at radius 1 is 0.629 bits per heavy atom. The first-order valence-electron chi connectivity index (χ1n) is 11.2. The van der Waals surface area contributed by atoms with Crippen LogP contribution in [-0.4, -0.2) is 30.6 Å². The maximum absolute atomic E-state index is 11.5. The van der Waals surface area contributed by atoms with Crippen molar-refractivity contribution in [3.63, 3.8) is 0 Å². The SMILES string of the molecule is Oc1ccc([C@H]2Oc3cc(O)cc4c3[C@@H]2c2cc(O)cc(O)c2[C@H]4[C@@H](O)c2ccc(O)cc2)cc1. The highest BCUT2D eigenvalue weighted by molar-refractivity contribution is 5.67. The summed E-state index contributed by atoms with van der Waals surface area (Å²) in [5.41, 5.74) is 3.64. The summed E-state index contributed by atoms with van der Waals surface area (Å²) in [5.74, 6) is -0.974. The topological polar surface area (TPSA) is 131 Å². The van der Waals surface area contributed by atoms with Crippen LogP contribution in [0.25, 0.3) is 0 Å². The van der Waals surface area contributed by atoms with E-state index in [2.05, 4.69) is 0 Å². The number of rotatable bonds is 3. The van der Waals surface area contributed by atoms with Gasteiger partial charge in [-0.15, -0.1) is 0 Å². The van der Waals surface area contributed by atoms with Crippen molar-refractivity contribution in [2.45, 2.75) is 24.0 Å². The molecule has 0 bridgehead atoms. The van der Waals surface area contributed by atoms with Gasteiger partial charge in [0, 0.05) is 29.2 Å². The van der Waals surface area contributed by atoms with Crippen molar-refractivity contribution in [2.24, 2.45) is 0 Å². The lowest BCUT2D eigenvalue weighted by Crippen LogP contribution is -2.24. The van der Waals surface area contributed by atoms with Crippen molar-refractivity contribution in [3.05, 3.63) is 106 Å². The number of aliphatic hydroxyl groups excluding tert-OH is 1. The third-order valence-electron chi connectivity index (χ3n) is 6.95. The van der Waals surface area contributed by atoms with E-state index >= 15 is 0 Å². The van der Waals surface area contributed by atoms with Gasteiger partial charge in [-0.25, -0.2) is 0 Å². The molecule has 7 nitrogen and oxygen atoms in total. The molecule has 0 saturated heterocycles. The normalized spacial score (nSPS) is 20.5. The lowest BCUT2D eigenvalue weighted by molar-refractivity contribution is 0.154. The highest BCUT2D eigenvalue weighted by Gasteiger charge is 2.48. The summed E-state index contributed by atoms with van der Waals surface area (Å²) in [6, 6.07) is 18.6. The minimum absolute atomic E-state index is 0.0477. The Labute approximate surface area is 200 Å². The maximum atomic E-state index is 11.5. The Bertz CT molecular complexity index is 1440. The summed E-state index contributed by atoms with van der Waals surface area (Å²) >= 11 is 0. The molecule has 7 heteroatoms. The van der Waals surface area contributed by atoms with Gasteiger partial charge < -0.3 is 35.4 Å². The summed E-state index contributed by atoms with van der Waals surface area (Å²) in [4.78, 5) is 0. The molecule has 4 aromatic carbocycles. The van der Waals surface area contributed by atoms with Crippen molar-refractivity contribution >= 4 is 0 Å². The number of aromatic hydroxyl groups is 5. The van der Waals surface area contributed by atoms with Crippen LogP contribution in [0.1, 0.15) is 57.4 Å². The number of benzene rings is 4. The van der Waals surface area contributed by atoms with Gasteiger partial charge in [0.05, 0.1) is 12.0 Å². The molecule has 4 aromatic rings. The van der Waals surface area contributed by atoms with Gasteiger partial charge in [-0.05, 0) is 58.7 Å². The average Bonchev–Trinajstić information content (AvgIpc) is 3.20. The fraction of sp³-hybridized carbons (Fsp3) is 0.143. The Morgan fingerprint density at radius 2 is 1.23 bits per heavy atom. The van der Waals surface area contributed by atoms with Gasteiger partial charge in [-0.2, -0.15) is 0 Å². The minimum Gasteiger partial charge on any atom is -0.508 e. The second-order valence-corrected chi connectivity index (χ2v) is 9.04. The smallest absolute Gasteiger partial charge is 0.135 e. The molecule has 0 spiro atoms. The number of phenolic OH excluding ortho intramolecular Hbond substituents is 5. The van der Waals surface area contributed by atoms with Gasteiger partial charge in [0.2, 0.25) is 0 Å². The number of phenols is 5. The van der Waals surface area contributed by atoms with Crippen LogP contribution in [0.3, 0.4) is 0 Å². The molecule has 35 heavy (non-hydrogen) atoms. The van der Waals surface area contributed by atoms with E-state index < -0.39 is 24.0 Å². The van der Waals surface area contributed by atoms with E-state index in [9.17, 15) is 30.6 Å². The van der Waals surface area contributed by atoms with Crippen LogP contribution in [0.4, 0.5) is 0 Å². The van der Waals surface area contributed by atoms with Crippen molar-refractivity contribution < 1.29 is 35.4 Å². The summed E-state index contributed by atoms with van der Waals surface area (Å²) < 4.78 is 6.30. The molecule has 0 amide bonds. The summed E-state index contributed by atoms with van der Waals surface area (Å²) in [5, 5.41) is 62.9. The van der Waals surface area contributed by atoms with Crippen LogP contribution in [0.15, 0.2) is 72.8 Å². The third kappa shape index (κ3) is 3.24. The molecular weight excluding hydrogens is 448 g/mol. The van der Waals surface area contributed by atoms with Crippen LogP contribution < -0.4 is 4.74 Å². The molecular formula is C28H22O7. The monoisotopic (exact) mass is 470 g/mol. The van der Waals surface area contributed by atoms with Crippen LogP contribution in [-0.2, 0) is 0 Å². The molecule has 0 aromatic heterocycles. The van der Waals surface area contributed by atoms with E-state index in [0.717, 1.165) is 11.1 Å². The van der Waals surface area contributed by atoms with Gasteiger partial charge in [0.25, 0.3) is 0 Å². The zero-order valence-electron chi connectivity index (χ0n) is 18.3. The standard InChI is InChI=1S/C28H22O7/c29-15-5-1-13(2-6-15)27(34)25-20-10-18(32)12-22-24(20)26(19-9-17(31)11-21(33)23(19)25)28(35-22)14-3-7-16(30)8-4-14/h1-12,25-34H/t25-,26-,27-,28+/m0/s1. The lowest BCUT2D eigenvalue weighted by atomic mass is 9.67. The fourth-order valence-electron chi connectivity index (χ4n) is 5.51. The predicted octanol–water partition coefficient (Wildman–Crippen LogP) is 4.66. The molecule has 1 heterocycles. The van der Waals surface area contributed by atoms with Crippen LogP contribution in [0.2, 0.25) is 0 Å². The Kier molecular flexibility index (Phi) is 4.59. The van der Waals surface area contributed by atoms with Crippen LogP contribution in [0.5, 0.6) is 34.5 Å². The average molecular weight is 470 g/mol. The third-order valence-corrected chi connectivity index (χ3v) is 6.95. The van der Waals surface area contributed by atoms with E-state index in [1.54, 1.807) is 48.5 Å². The quantitative estimate of drug-likeness (QED) is 0.257. The zero-order chi connectivity index (χ0) is 24.4. The number of fused-ring (bicyclic) bond motifs is 2. The second-order valence-electron chi connectivity index (χ2n) is 9.04. The first-order valence-corrected chi connectivity index (χ1v) is 11.2. The molecule has 1 aliphatic heterocycles. The van der Waals surface area contributed by atoms with Crippen molar-refractivity contribution in [1.29, 1.82) is 0 Å². The largest absolute Gasteiger partial charge is 0.508 e. The molecule has 1 aliphatic carbocycles. The molecule has 6 rings (SSSR count). The van der Waals surface area contributed by atoms with E-state index in [-0.39, 0.29) is 28.7 Å². The number of hydrogen-bond acceptors (Lipinski definition) is 7. The van der Waals surface area contributed by atoms with Gasteiger partial charge in [0.1, 0.15) is 40.6 Å². The molecule has 0 saturated carbocycles. The summed E-state index contributed by atoms with van der Waals surface area (Å²) in [6.45, 7) is 0. The Hall–Kier alpha value is -4.36. The number of aliphatic hydroxyl groups is 1.